The number of likely N-dealkylation sites (tertiary alicyclic amines) is 1. The normalized spacial score (nSPS) is 16.1. The predicted molar refractivity (Wildman–Crippen MR) is 178 cm³/mol. The number of ether oxygens (including phenoxy) is 4. The first-order valence-corrected chi connectivity index (χ1v) is 16.5. The van der Waals surface area contributed by atoms with E-state index in [1.165, 1.54) is 25.0 Å². The van der Waals surface area contributed by atoms with E-state index < -0.39 is 16.8 Å². The summed E-state index contributed by atoms with van der Waals surface area (Å²) < 4.78 is 64.2. The fraction of sp³-hybridized carbons (Fsp3) is 0.405. The van der Waals surface area contributed by atoms with Crippen molar-refractivity contribution >= 4 is 28.3 Å². The zero-order chi connectivity index (χ0) is 33.9. The van der Waals surface area contributed by atoms with Crippen molar-refractivity contribution < 1.29 is 36.9 Å². The number of rotatable bonds is 11. The van der Waals surface area contributed by atoms with Gasteiger partial charge in [-0.2, -0.15) is 13.2 Å². The third-order valence-electron chi connectivity index (χ3n) is 8.82. The van der Waals surface area contributed by atoms with Crippen LogP contribution in [-0.4, -0.2) is 55.1 Å². The number of halogens is 4. The van der Waals surface area contributed by atoms with Crippen LogP contribution in [0.3, 0.4) is 0 Å². The Labute approximate surface area is 282 Å². The van der Waals surface area contributed by atoms with Gasteiger partial charge in [-0.25, -0.2) is 0 Å². The Bertz CT molecular complexity index is 1770. The Morgan fingerprint density at radius 3 is 2.35 bits per heavy atom. The Kier molecular flexibility index (Phi) is 10.0. The fourth-order valence-electron chi connectivity index (χ4n) is 6.04. The molecule has 1 aromatic heterocycles. The van der Waals surface area contributed by atoms with Crippen molar-refractivity contribution in [2.75, 3.05) is 39.5 Å². The van der Waals surface area contributed by atoms with E-state index in [-0.39, 0.29) is 24.2 Å². The molecule has 0 radical (unpaired) electrons. The van der Waals surface area contributed by atoms with Crippen molar-refractivity contribution in [2.45, 2.75) is 52.1 Å². The minimum absolute atomic E-state index is 0.0557. The van der Waals surface area contributed by atoms with Crippen LogP contribution in [0.1, 0.15) is 49.8 Å². The molecule has 0 atom stereocenters. The molecule has 0 saturated carbocycles. The number of benzene rings is 3. The topological polar surface area (TPSA) is 70.1 Å². The van der Waals surface area contributed by atoms with Crippen LogP contribution in [0.25, 0.3) is 10.9 Å². The third-order valence-corrected chi connectivity index (χ3v) is 9.15. The average Bonchev–Trinajstić information content (AvgIpc) is 3.05. The first kappa shape index (κ1) is 33.9. The van der Waals surface area contributed by atoms with Gasteiger partial charge in [-0.05, 0) is 79.2 Å². The molecule has 1 fully saturated rings. The maximum absolute atomic E-state index is 13.2. The van der Waals surface area contributed by atoms with Gasteiger partial charge in [0, 0.05) is 31.6 Å². The number of carbonyl (C=O) groups is 1. The summed E-state index contributed by atoms with van der Waals surface area (Å²) in [7, 11) is 0. The van der Waals surface area contributed by atoms with E-state index in [0.717, 1.165) is 32.1 Å². The number of ketones is 1. The van der Waals surface area contributed by atoms with Gasteiger partial charge in [-0.15, -0.1) is 0 Å². The summed E-state index contributed by atoms with van der Waals surface area (Å²) in [5, 5.41) is 0.267. The summed E-state index contributed by atoms with van der Waals surface area (Å²) in [5.74, 6) is 2.46. The SMILES string of the molecule is CC1(C)CCN(CCCOc2cc3nccc(Oc4ccc(CC(=O)Cc5ccc(Cl)c(C(F)(F)F)c5)cc4)c3c3c2OCCO3)CC1. The molecule has 0 bridgehead atoms. The number of hydrogen-bond donors (Lipinski definition) is 0. The molecule has 4 aromatic rings. The monoisotopic (exact) mass is 682 g/mol. The summed E-state index contributed by atoms with van der Waals surface area (Å²) in [4.78, 5) is 19.8. The minimum atomic E-state index is -4.59. The molecule has 254 valence electrons. The highest BCUT2D eigenvalue weighted by molar-refractivity contribution is 6.31. The lowest BCUT2D eigenvalue weighted by atomic mass is 9.83. The second-order valence-electron chi connectivity index (χ2n) is 13.1. The van der Waals surface area contributed by atoms with E-state index in [0.29, 0.717) is 70.4 Å². The number of piperidine rings is 1. The molecule has 6 rings (SSSR count). The zero-order valence-corrected chi connectivity index (χ0v) is 27.8. The number of Topliss-reactive ketones (excluding diaryl/α,β-unsaturated/α-hetero) is 1. The van der Waals surface area contributed by atoms with Gasteiger partial charge < -0.3 is 23.8 Å². The first-order chi connectivity index (χ1) is 22.9. The van der Waals surface area contributed by atoms with E-state index >= 15 is 0 Å². The molecule has 0 unspecified atom stereocenters. The van der Waals surface area contributed by atoms with Crippen molar-refractivity contribution in [3.8, 4) is 28.7 Å². The number of nitrogens with zero attached hydrogens (tertiary/aromatic N) is 2. The van der Waals surface area contributed by atoms with Gasteiger partial charge in [0.2, 0.25) is 5.75 Å². The lowest BCUT2D eigenvalue weighted by molar-refractivity contribution is -0.137. The fourth-order valence-corrected chi connectivity index (χ4v) is 6.26. The lowest BCUT2D eigenvalue weighted by Crippen LogP contribution is -2.38. The molecule has 7 nitrogen and oxygen atoms in total. The summed E-state index contributed by atoms with van der Waals surface area (Å²) in [6, 6.07) is 14.1. The van der Waals surface area contributed by atoms with Gasteiger partial charge in [0.25, 0.3) is 0 Å². The molecule has 2 aliphatic rings. The standard InChI is InChI=1S/C37H38ClF3N2O5/c1-36(2)11-15-43(16-12-36)14-3-17-45-32-23-30-33(35-34(32)46-18-19-47-35)31(10-13-42-30)48-27-7-4-24(5-8-27)20-26(44)21-25-6-9-29(38)28(22-25)37(39,40)41/h4-10,13,22-23H,3,11-12,14-21H2,1-2H3. The van der Waals surface area contributed by atoms with Crippen molar-refractivity contribution in [1.82, 2.24) is 9.88 Å². The summed E-state index contributed by atoms with van der Waals surface area (Å²) >= 11 is 5.71. The molecule has 3 aromatic carbocycles. The van der Waals surface area contributed by atoms with Gasteiger partial charge in [0.15, 0.2) is 11.5 Å². The van der Waals surface area contributed by atoms with E-state index in [1.807, 2.05) is 6.07 Å². The largest absolute Gasteiger partial charge is 0.489 e. The average molecular weight is 683 g/mol. The van der Waals surface area contributed by atoms with Crippen LogP contribution < -0.4 is 18.9 Å². The zero-order valence-electron chi connectivity index (χ0n) is 27.0. The quantitative estimate of drug-likeness (QED) is 0.147. The Morgan fingerprint density at radius 1 is 0.938 bits per heavy atom. The number of carbonyl (C=O) groups excluding carboxylic acids is 1. The van der Waals surface area contributed by atoms with Crippen LogP contribution in [0, 0.1) is 5.41 Å². The number of aromatic nitrogens is 1. The van der Waals surface area contributed by atoms with Crippen molar-refractivity contribution in [1.29, 1.82) is 0 Å². The van der Waals surface area contributed by atoms with Gasteiger partial charge in [0.05, 0.1) is 28.1 Å². The number of fused-ring (bicyclic) bond motifs is 3. The highest BCUT2D eigenvalue weighted by atomic mass is 35.5. The molecule has 0 aliphatic carbocycles. The third kappa shape index (κ3) is 8.15. The molecule has 0 amide bonds. The number of alkyl halides is 3. The van der Waals surface area contributed by atoms with E-state index in [2.05, 4.69) is 23.7 Å². The predicted octanol–water partition coefficient (Wildman–Crippen LogP) is 8.72. The summed E-state index contributed by atoms with van der Waals surface area (Å²) in [5.41, 5.74) is 1.07. The Balaban J connectivity index is 1.11. The highest BCUT2D eigenvalue weighted by Gasteiger charge is 2.33. The van der Waals surface area contributed by atoms with Gasteiger partial charge >= 0.3 is 6.18 Å². The minimum Gasteiger partial charge on any atom is -0.489 e. The van der Waals surface area contributed by atoms with Crippen LogP contribution >= 0.6 is 11.6 Å². The van der Waals surface area contributed by atoms with E-state index in [4.69, 9.17) is 30.5 Å². The second-order valence-corrected chi connectivity index (χ2v) is 13.5. The smallest absolute Gasteiger partial charge is 0.417 e. The van der Waals surface area contributed by atoms with E-state index in [9.17, 15) is 18.0 Å². The molecule has 48 heavy (non-hydrogen) atoms. The summed E-state index contributed by atoms with van der Waals surface area (Å²) in [6.07, 6.45) is 0.290. The van der Waals surface area contributed by atoms with Gasteiger partial charge in [-0.3, -0.25) is 9.78 Å². The van der Waals surface area contributed by atoms with Crippen molar-refractivity contribution in [3.05, 3.63) is 82.5 Å². The number of hydrogen-bond acceptors (Lipinski definition) is 7. The summed E-state index contributed by atoms with van der Waals surface area (Å²) in [6.45, 7) is 9.19. The second kappa shape index (κ2) is 14.2. The van der Waals surface area contributed by atoms with Gasteiger partial charge in [-0.1, -0.05) is 43.6 Å². The van der Waals surface area contributed by atoms with Crippen LogP contribution in [0.15, 0.2) is 60.8 Å². The van der Waals surface area contributed by atoms with Crippen LogP contribution in [0.2, 0.25) is 5.02 Å². The molecular formula is C37H38ClF3N2O5. The van der Waals surface area contributed by atoms with Gasteiger partial charge in [0.1, 0.15) is 30.5 Å². The molecule has 0 spiro atoms. The molecule has 2 aliphatic heterocycles. The Hall–Kier alpha value is -4.02. The van der Waals surface area contributed by atoms with Crippen molar-refractivity contribution in [2.24, 2.45) is 5.41 Å². The maximum atomic E-state index is 13.2. The lowest BCUT2D eigenvalue weighted by Gasteiger charge is -2.36. The van der Waals surface area contributed by atoms with E-state index in [1.54, 1.807) is 36.5 Å². The highest BCUT2D eigenvalue weighted by Crippen LogP contribution is 2.48. The maximum Gasteiger partial charge on any atom is 0.417 e. The molecule has 1 saturated heterocycles. The van der Waals surface area contributed by atoms with Crippen molar-refractivity contribution in [3.63, 3.8) is 0 Å². The van der Waals surface area contributed by atoms with Crippen LogP contribution in [0.5, 0.6) is 28.7 Å². The van der Waals surface area contributed by atoms with Crippen LogP contribution in [0.4, 0.5) is 13.2 Å². The molecule has 11 heteroatoms. The number of pyridine rings is 1. The molecule has 3 heterocycles. The Morgan fingerprint density at radius 2 is 1.62 bits per heavy atom. The molecular weight excluding hydrogens is 645 g/mol. The molecule has 0 N–H and O–H groups in total. The van der Waals surface area contributed by atoms with Crippen LogP contribution in [-0.2, 0) is 23.8 Å². The first-order valence-electron chi connectivity index (χ1n) is 16.2.